The number of anilines is 5. The molecule has 0 unspecified atom stereocenters. The van der Waals surface area contributed by atoms with Crippen LogP contribution in [-0.4, -0.2) is 60.2 Å². The predicted octanol–water partition coefficient (Wildman–Crippen LogP) is 5.41. The SMILES string of the molecule is COc1cc(-n2cccc2C(=O)N2CCCCC2)ccc1Nc1ncc(Cl)c(Nc2ccccc2NS(C)(=O)=O)n1. The van der Waals surface area contributed by atoms with E-state index in [1.54, 1.807) is 31.4 Å². The van der Waals surface area contributed by atoms with Crippen molar-refractivity contribution in [3.05, 3.63) is 77.7 Å². The Morgan fingerprint density at radius 1 is 0.976 bits per heavy atom. The summed E-state index contributed by atoms with van der Waals surface area (Å²) in [6.45, 7) is 1.54. The van der Waals surface area contributed by atoms with Gasteiger partial charge in [-0.15, -0.1) is 0 Å². The van der Waals surface area contributed by atoms with Crippen molar-refractivity contribution in [2.45, 2.75) is 19.3 Å². The number of rotatable bonds is 9. The number of sulfonamides is 1. The van der Waals surface area contributed by atoms with Gasteiger partial charge in [0.1, 0.15) is 16.5 Å². The number of carbonyl (C=O) groups excluding carboxylic acids is 1. The summed E-state index contributed by atoms with van der Waals surface area (Å²) in [6, 6.07) is 16.0. The van der Waals surface area contributed by atoms with Crippen LogP contribution in [0.4, 0.5) is 28.8 Å². The third-order valence-electron chi connectivity index (χ3n) is 6.54. The van der Waals surface area contributed by atoms with Crippen LogP contribution in [0.5, 0.6) is 5.75 Å². The number of carbonyl (C=O) groups is 1. The maximum Gasteiger partial charge on any atom is 0.270 e. The van der Waals surface area contributed by atoms with Gasteiger partial charge in [-0.3, -0.25) is 9.52 Å². The minimum atomic E-state index is -3.50. The van der Waals surface area contributed by atoms with E-state index in [2.05, 4.69) is 25.3 Å². The molecule has 2 aromatic heterocycles. The van der Waals surface area contributed by atoms with Gasteiger partial charge >= 0.3 is 0 Å². The second kappa shape index (κ2) is 12.1. The molecule has 0 aliphatic carbocycles. The monoisotopic (exact) mass is 595 g/mol. The Bertz CT molecular complexity index is 1670. The smallest absolute Gasteiger partial charge is 0.270 e. The molecule has 2 aromatic carbocycles. The zero-order valence-electron chi connectivity index (χ0n) is 22.6. The topological polar surface area (TPSA) is 130 Å². The lowest BCUT2D eigenvalue weighted by Crippen LogP contribution is -2.36. The molecule has 13 heteroatoms. The Hall–Kier alpha value is -4.29. The Morgan fingerprint density at radius 3 is 2.46 bits per heavy atom. The summed E-state index contributed by atoms with van der Waals surface area (Å²) in [5.74, 6) is 1.04. The van der Waals surface area contributed by atoms with E-state index in [4.69, 9.17) is 16.3 Å². The van der Waals surface area contributed by atoms with Crippen LogP contribution in [0.3, 0.4) is 0 Å². The number of para-hydroxylation sites is 2. The van der Waals surface area contributed by atoms with Crippen LogP contribution in [-0.2, 0) is 10.0 Å². The first-order chi connectivity index (χ1) is 19.7. The number of nitrogens with one attached hydrogen (secondary N) is 3. The zero-order chi connectivity index (χ0) is 29.0. The second-order valence-corrected chi connectivity index (χ2v) is 11.7. The number of methoxy groups -OCH3 is 1. The molecule has 1 fully saturated rings. The van der Waals surface area contributed by atoms with E-state index in [9.17, 15) is 13.2 Å². The van der Waals surface area contributed by atoms with Gasteiger partial charge in [-0.1, -0.05) is 23.7 Å². The maximum atomic E-state index is 13.2. The van der Waals surface area contributed by atoms with Gasteiger partial charge in [0.15, 0.2) is 5.82 Å². The molecule has 1 aliphatic heterocycles. The Labute approximate surface area is 243 Å². The molecule has 0 radical (unpaired) electrons. The summed E-state index contributed by atoms with van der Waals surface area (Å²) in [5.41, 5.74) is 2.77. The molecule has 3 heterocycles. The van der Waals surface area contributed by atoms with Gasteiger partial charge < -0.3 is 24.8 Å². The molecule has 4 aromatic rings. The van der Waals surface area contributed by atoms with Crippen molar-refractivity contribution in [2.24, 2.45) is 0 Å². The van der Waals surface area contributed by atoms with Crippen LogP contribution >= 0.6 is 11.6 Å². The molecule has 41 heavy (non-hydrogen) atoms. The molecular formula is C28H30ClN7O4S. The Kier molecular flexibility index (Phi) is 8.31. The van der Waals surface area contributed by atoms with E-state index in [0.717, 1.165) is 44.3 Å². The molecule has 3 N–H and O–H groups in total. The largest absolute Gasteiger partial charge is 0.494 e. The molecule has 0 saturated carbocycles. The van der Waals surface area contributed by atoms with Gasteiger partial charge in [-0.05, 0) is 55.7 Å². The zero-order valence-corrected chi connectivity index (χ0v) is 24.2. The van der Waals surface area contributed by atoms with Crippen LogP contribution in [0, 0.1) is 0 Å². The number of piperidine rings is 1. The number of hydrogen-bond donors (Lipinski definition) is 3. The lowest BCUT2D eigenvalue weighted by Gasteiger charge is -2.27. The Morgan fingerprint density at radius 2 is 1.73 bits per heavy atom. The molecule has 1 amide bonds. The molecule has 11 nitrogen and oxygen atoms in total. The molecule has 214 valence electrons. The second-order valence-electron chi connectivity index (χ2n) is 9.56. The number of benzene rings is 2. The Balaban J connectivity index is 1.38. The molecule has 1 aliphatic rings. The van der Waals surface area contributed by atoms with E-state index in [1.165, 1.54) is 6.20 Å². The lowest BCUT2D eigenvalue weighted by molar-refractivity contribution is 0.0716. The van der Waals surface area contributed by atoms with Gasteiger partial charge in [-0.2, -0.15) is 4.98 Å². The minimum absolute atomic E-state index is 0.0128. The molecular weight excluding hydrogens is 566 g/mol. The van der Waals surface area contributed by atoms with Crippen molar-refractivity contribution >= 4 is 56.4 Å². The number of amides is 1. The molecule has 1 saturated heterocycles. The summed E-state index contributed by atoms with van der Waals surface area (Å²) in [5, 5.41) is 6.46. The summed E-state index contributed by atoms with van der Waals surface area (Å²) < 4.78 is 33.5. The fraction of sp³-hybridized carbons (Fsp3) is 0.250. The maximum absolute atomic E-state index is 13.2. The molecule has 0 spiro atoms. The van der Waals surface area contributed by atoms with Gasteiger partial charge in [-0.25, -0.2) is 13.4 Å². The average molecular weight is 596 g/mol. The highest BCUT2D eigenvalue weighted by Gasteiger charge is 2.22. The highest BCUT2D eigenvalue weighted by molar-refractivity contribution is 7.92. The van der Waals surface area contributed by atoms with E-state index >= 15 is 0 Å². The third kappa shape index (κ3) is 6.72. The predicted molar refractivity (Wildman–Crippen MR) is 161 cm³/mol. The van der Waals surface area contributed by atoms with Gasteiger partial charge in [0, 0.05) is 31.0 Å². The number of halogens is 1. The highest BCUT2D eigenvalue weighted by atomic mass is 35.5. The molecule has 0 bridgehead atoms. The third-order valence-corrected chi connectivity index (χ3v) is 7.41. The van der Waals surface area contributed by atoms with E-state index in [-0.39, 0.29) is 22.7 Å². The summed E-state index contributed by atoms with van der Waals surface area (Å²) in [6.07, 6.45) is 7.56. The highest BCUT2D eigenvalue weighted by Crippen LogP contribution is 2.33. The number of nitrogens with zero attached hydrogens (tertiary/aromatic N) is 4. The number of ether oxygens (including phenoxy) is 1. The van der Waals surface area contributed by atoms with E-state index in [1.807, 2.05) is 46.0 Å². The average Bonchev–Trinajstić information content (AvgIpc) is 3.45. The van der Waals surface area contributed by atoms with Crippen LogP contribution in [0.1, 0.15) is 29.8 Å². The van der Waals surface area contributed by atoms with Crippen LogP contribution < -0.4 is 20.1 Å². The van der Waals surface area contributed by atoms with Crippen molar-refractivity contribution in [2.75, 3.05) is 41.8 Å². The van der Waals surface area contributed by atoms with Crippen molar-refractivity contribution in [1.82, 2.24) is 19.4 Å². The number of aromatic nitrogens is 3. The quantitative estimate of drug-likeness (QED) is 0.234. The lowest BCUT2D eigenvalue weighted by atomic mass is 10.1. The van der Waals surface area contributed by atoms with Gasteiger partial charge in [0.25, 0.3) is 5.91 Å². The molecule has 5 rings (SSSR count). The summed E-state index contributed by atoms with van der Waals surface area (Å²) in [7, 11) is -1.94. The van der Waals surface area contributed by atoms with Gasteiger partial charge in [0.2, 0.25) is 16.0 Å². The summed E-state index contributed by atoms with van der Waals surface area (Å²) >= 11 is 6.36. The first kappa shape index (κ1) is 28.2. The van der Waals surface area contributed by atoms with E-state index in [0.29, 0.717) is 28.5 Å². The first-order valence-electron chi connectivity index (χ1n) is 13.0. The van der Waals surface area contributed by atoms with Crippen molar-refractivity contribution < 1.29 is 17.9 Å². The van der Waals surface area contributed by atoms with Gasteiger partial charge in [0.05, 0.1) is 36.6 Å². The number of likely N-dealkylation sites (tertiary alicyclic amines) is 1. The van der Waals surface area contributed by atoms with Crippen molar-refractivity contribution in [1.29, 1.82) is 0 Å². The molecule has 0 atom stereocenters. The normalized spacial score (nSPS) is 13.5. The van der Waals surface area contributed by atoms with Crippen LogP contribution in [0.15, 0.2) is 67.0 Å². The minimum Gasteiger partial charge on any atom is -0.494 e. The van der Waals surface area contributed by atoms with Crippen LogP contribution in [0.2, 0.25) is 5.02 Å². The first-order valence-corrected chi connectivity index (χ1v) is 15.3. The van der Waals surface area contributed by atoms with Crippen molar-refractivity contribution in [3.63, 3.8) is 0 Å². The van der Waals surface area contributed by atoms with Crippen molar-refractivity contribution in [3.8, 4) is 11.4 Å². The summed E-state index contributed by atoms with van der Waals surface area (Å²) in [4.78, 5) is 23.9. The standard InChI is InChI=1S/C28H30ClN7O4S/c1-40-25-17-19(36-16-8-11-24(36)27(37)35-14-6-3-7-15-35)12-13-23(25)32-28-30-18-20(29)26(33-28)31-21-9-4-5-10-22(21)34-41(2,38)39/h4-5,8-13,16-18,34H,3,6-7,14-15H2,1-2H3,(H2,30,31,32,33). The number of hydrogen-bond acceptors (Lipinski definition) is 8. The fourth-order valence-electron chi connectivity index (χ4n) is 4.62. The van der Waals surface area contributed by atoms with Crippen LogP contribution in [0.25, 0.3) is 5.69 Å². The van der Waals surface area contributed by atoms with E-state index < -0.39 is 10.0 Å². The fourth-order valence-corrected chi connectivity index (χ4v) is 5.33.